The number of nitrogens with one attached hydrogen (secondary N) is 2. The molecule has 1 saturated carbocycles. The zero-order valence-corrected chi connectivity index (χ0v) is 21.4. The van der Waals surface area contributed by atoms with Crippen LogP contribution < -0.4 is 15.4 Å². The summed E-state index contributed by atoms with van der Waals surface area (Å²) in [6, 6.07) is 18.5. The number of thioether (sulfide) groups is 1. The van der Waals surface area contributed by atoms with Crippen molar-refractivity contribution in [2.75, 3.05) is 19.0 Å². The van der Waals surface area contributed by atoms with E-state index in [-0.39, 0.29) is 11.2 Å². The van der Waals surface area contributed by atoms with Crippen LogP contribution in [0.4, 0.5) is 5.69 Å². The highest BCUT2D eigenvalue weighted by atomic mass is 32.2. The largest absolute Gasteiger partial charge is 0.497 e. The van der Waals surface area contributed by atoms with E-state index in [1.807, 2.05) is 49.4 Å². The number of hydrogen-bond acceptors (Lipinski definition) is 6. The molecular formula is C27H35N5O2S. The minimum Gasteiger partial charge on any atom is -0.497 e. The predicted octanol–water partition coefficient (Wildman–Crippen LogP) is 5.24. The Hall–Kier alpha value is -3.00. The molecule has 4 rings (SSSR count). The van der Waals surface area contributed by atoms with E-state index < -0.39 is 0 Å². The van der Waals surface area contributed by atoms with Gasteiger partial charge in [0.05, 0.1) is 18.9 Å². The molecule has 1 aromatic heterocycles. The van der Waals surface area contributed by atoms with Crippen molar-refractivity contribution < 1.29 is 9.53 Å². The van der Waals surface area contributed by atoms with Gasteiger partial charge in [-0.1, -0.05) is 67.4 Å². The molecule has 0 spiro atoms. The Kier molecular flexibility index (Phi) is 9.06. The van der Waals surface area contributed by atoms with Crippen LogP contribution in [0.15, 0.2) is 59.8 Å². The first-order valence-corrected chi connectivity index (χ1v) is 13.3. The number of carbonyl (C=O) groups excluding carboxylic acids is 1. The molecule has 1 fully saturated rings. The average molecular weight is 494 g/mol. The Morgan fingerprint density at radius 3 is 2.69 bits per heavy atom. The third kappa shape index (κ3) is 7.01. The summed E-state index contributed by atoms with van der Waals surface area (Å²) in [5.74, 6) is 1.74. The summed E-state index contributed by atoms with van der Waals surface area (Å²) in [4.78, 5) is 12.8. The molecule has 2 aromatic carbocycles. The summed E-state index contributed by atoms with van der Waals surface area (Å²) in [6.07, 6.45) is 6.77. The van der Waals surface area contributed by atoms with Crippen LogP contribution in [0.5, 0.6) is 5.75 Å². The van der Waals surface area contributed by atoms with Crippen molar-refractivity contribution in [2.45, 2.75) is 68.4 Å². The predicted molar refractivity (Wildman–Crippen MR) is 141 cm³/mol. The zero-order chi connectivity index (χ0) is 24.5. The van der Waals surface area contributed by atoms with Crippen molar-refractivity contribution in [2.24, 2.45) is 0 Å². The van der Waals surface area contributed by atoms with Gasteiger partial charge < -0.3 is 19.9 Å². The zero-order valence-electron chi connectivity index (χ0n) is 20.6. The molecule has 0 radical (unpaired) electrons. The quantitative estimate of drug-likeness (QED) is 0.356. The van der Waals surface area contributed by atoms with Crippen LogP contribution in [0.25, 0.3) is 0 Å². The molecule has 35 heavy (non-hydrogen) atoms. The third-order valence-corrected chi connectivity index (χ3v) is 7.46. The molecule has 7 nitrogen and oxygen atoms in total. The van der Waals surface area contributed by atoms with E-state index in [4.69, 9.17) is 4.74 Å². The molecule has 1 unspecified atom stereocenters. The Morgan fingerprint density at radius 2 is 1.91 bits per heavy atom. The number of ether oxygens (including phenoxy) is 1. The molecule has 1 aliphatic carbocycles. The van der Waals surface area contributed by atoms with Crippen LogP contribution in [0.1, 0.15) is 56.5 Å². The normalized spacial score (nSPS) is 14.9. The molecule has 1 amide bonds. The van der Waals surface area contributed by atoms with E-state index in [1.165, 1.54) is 36.6 Å². The summed E-state index contributed by atoms with van der Waals surface area (Å²) in [6.45, 7) is 3.13. The van der Waals surface area contributed by atoms with E-state index >= 15 is 0 Å². The fourth-order valence-corrected chi connectivity index (χ4v) is 5.42. The summed E-state index contributed by atoms with van der Waals surface area (Å²) in [7, 11) is 1.67. The summed E-state index contributed by atoms with van der Waals surface area (Å²) in [5, 5.41) is 16.1. The van der Waals surface area contributed by atoms with Gasteiger partial charge in [0.1, 0.15) is 5.75 Å². The first-order valence-electron chi connectivity index (χ1n) is 12.4. The number of hydrogen-bond donors (Lipinski definition) is 2. The second-order valence-electron chi connectivity index (χ2n) is 8.93. The van der Waals surface area contributed by atoms with Crippen molar-refractivity contribution in [1.29, 1.82) is 0 Å². The SMILES string of the molecule is COc1cccc(NCc2nnc(SC(C)C(=O)NCCc3ccccc3)n2C2CCCCC2)c1. The van der Waals surface area contributed by atoms with Gasteiger partial charge >= 0.3 is 0 Å². The van der Waals surface area contributed by atoms with Crippen LogP contribution in [0.3, 0.4) is 0 Å². The first kappa shape index (κ1) is 25.1. The van der Waals surface area contributed by atoms with Crippen LogP contribution in [0.2, 0.25) is 0 Å². The van der Waals surface area contributed by atoms with Crippen molar-refractivity contribution in [3.05, 3.63) is 66.0 Å². The fraction of sp³-hybridized carbons (Fsp3) is 0.444. The second kappa shape index (κ2) is 12.6. The molecule has 3 aromatic rings. The fourth-order valence-electron chi connectivity index (χ4n) is 4.46. The number of nitrogens with zero attached hydrogens (tertiary/aromatic N) is 3. The van der Waals surface area contributed by atoms with E-state index in [2.05, 4.69) is 37.5 Å². The van der Waals surface area contributed by atoms with Crippen molar-refractivity contribution in [1.82, 2.24) is 20.1 Å². The number of amides is 1. The maximum absolute atomic E-state index is 12.8. The average Bonchev–Trinajstić information content (AvgIpc) is 3.30. The minimum absolute atomic E-state index is 0.0279. The highest BCUT2D eigenvalue weighted by molar-refractivity contribution is 8.00. The molecule has 1 aliphatic rings. The molecule has 0 saturated heterocycles. The molecule has 8 heteroatoms. The van der Waals surface area contributed by atoms with Crippen LogP contribution >= 0.6 is 11.8 Å². The highest BCUT2D eigenvalue weighted by Crippen LogP contribution is 2.34. The molecule has 1 atom stereocenters. The van der Waals surface area contributed by atoms with E-state index in [0.717, 1.165) is 41.7 Å². The van der Waals surface area contributed by atoms with Crippen molar-refractivity contribution in [3.63, 3.8) is 0 Å². The van der Waals surface area contributed by atoms with E-state index in [9.17, 15) is 4.79 Å². The standard InChI is InChI=1S/C27H35N5O2S/c1-20(26(33)28-17-16-21-10-5-3-6-11-21)35-27-31-30-25(32(27)23-13-7-4-8-14-23)19-29-22-12-9-15-24(18-22)34-2/h3,5-6,9-12,15,18,20,23,29H,4,7-8,13-14,16-17,19H2,1-2H3,(H,28,33). The first-order chi connectivity index (χ1) is 17.1. The van der Waals surface area contributed by atoms with Gasteiger partial charge in [-0.05, 0) is 43.9 Å². The summed E-state index contributed by atoms with van der Waals surface area (Å²) in [5.41, 5.74) is 2.20. The lowest BCUT2D eigenvalue weighted by Gasteiger charge is -2.26. The molecular weight excluding hydrogens is 458 g/mol. The van der Waals surface area contributed by atoms with Crippen molar-refractivity contribution >= 4 is 23.4 Å². The van der Waals surface area contributed by atoms with Gasteiger partial charge in [-0.2, -0.15) is 0 Å². The smallest absolute Gasteiger partial charge is 0.233 e. The molecule has 1 heterocycles. The molecule has 0 aliphatic heterocycles. The Morgan fingerprint density at radius 1 is 1.11 bits per heavy atom. The van der Waals surface area contributed by atoms with Crippen molar-refractivity contribution in [3.8, 4) is 5.75 Å². The second-order valence-corrected chi connectivity index (χ2v) is 10.2. The Labute approximate surface area is 212 Å². The maximum atomic E-state index is 12.8. The lowest BCUT2D eigenvalue weighted by molar-refractivity contribution is -0.120. The number of anilines is 1. The number of benzene rings is 2. The van der Waals surface area contributed by atoms with Gasteiger partial charge in [-0.25, -0.2) is 0 Å². The lowest BCUT2D eigenvalue weighted by atomic mass is 9.95. The van der Waals surface area contributed by atoms with Crippen LogP contribution in [0, 0.1) is 0 Å². The summed E-state index contributed by atoms with van der Waals surface area (Å²) >= 11 is 1.50. The van der Waals surface area contributed by atoms with Gasteiger partial charge in [0.2, 0.25) is 5.91 Å². The Balaban J connectivity index is 1.41. The lowest BCUT2D eigenvalue weighted by Crippen LogP contribution is -2.32. The van der Waals surface area contributed by atoms with Gasteiger partial charge in [-0.15, -0.1) is 10.2 Å². The molecule has 2 N–H and O–H groups in total. The third-order valence-electron chi connectivity index (χ3n) is 6.40. The topological polar surface area (TPSA) is 81.1 Å². The van der Waals surface area contributed by atoms with E-state index in [0.29, 0.717) is 19.1 Å². The minimum atomic E-state index is -0.253. The Bertz CT molecular complexity index is 1080. The number of methoxy groups -OCH3 is 1. The molecule has 186 valence electrons. The van der Waals surface area contributed by atoms with Gasteiger partial charge in [0.15, 0.2) is 11.0 Å². The van der Waals surface area contributed by atoms with Crippen LogP contribution in [-0.2, 0) is 17.8 Å². The van der Waals surface area contributed by atoms with Crippen LogP contribution in [-0.4, -0.2) is 39.6 Å². The highest BCUT2D eigenvalue weighted by Gasteiger charge is 2.25. The summed E-state index contributed by atoms with van der Waals surface area (Å²) < 4.78 is 7.60. The monoisotopic (exact) mass is 493 g/mol. The van der Waals surface area contributed by atoms with Gasteiger partial charge in [-0.3, -0.25) is 4.79 Å². The maximum Gasteiger partial charge on any atom is 0.233 e. The molecule has 0 bridgehead atoms. The van der Waals surface area contributed by atoms with Gasteiger partial charge in [0.25, 0.3) is 0 Å². The van der Waals surface area contributed by atoms with Gasteiger partial charge in [0, 0.05) is 24.3 Å². The number of carbonyl (C=O) groups is 1. The number of rotatable bonds is 11. The van der Waals surface area contributed by atoms with E-state index in [1.54, 1.807) is 7.11 Å². The number of aromatic nitrogens is 3.